The molecule has 0 aromatic heterocycles. The summed E-state index contributed by atoms with van der Waals surface area (Å²) in [4.78, 5) is 27.8. The molecule has 3 rings (SSSR count). The van der Waals surface area contributed by atoms with Gasteiger partial charge in [0, 0.05) is 30.1 Å². The van der Waals surface area contributed by atoms with Gasteiger partial charge in [-0.3, -0.25) is 9.59 Å². The molecule has 0 aliphatic rings. The van der Waals surface area contributed by atoms with Gasteiger partial charge in [-0.05, 0) is 42.3 Å². The van der Waals surface area contributed by atoms with Crippen molar-refractivity contribution >= 4 is 35.0 Å². The molecule has 0 saturated heterocycles. The minimum Gasteiger partial charge on any atom is -0.484 e. The highest BCUT2D eigenvalue weighted by Crippen LogP contribution is 2.24. The molecule has 0 fully saturated rings. The van der Waals surface area contributed by atoms with Gasteiger partial charge in [0.15, 0.2) is 6.61 Å². The second-order valence-electron chi connectivity index (χ2n) is 7.68. The first kappa shape index (κ1) is 24.6. The van der Waals surface area contributed by atoms with Crippen LogP contribution >= 0.6 is 23.2 Å². The number of nitrogens with zero attached hydrogens (tertiary/aromatic N) is 1. The number of carbonyl (C=O) groups excluding carboxylic acids is 2. The smallest absolute Gasteiger partial charge is 0.261 e. The monoisotopic (exact) mass is 484 g/mol. The number of nitrogens with one attached hydrogen (secondary N) is 1. The van der Waals surface area contributed by atoms with Crippen LogP contribution < -0.4 is 10.1 Å². The number of hydrogen-bond acceptors (Lipinski definition) is 3. The van der Waals surface area contributed by atoms with E-state index in [4.69, 9.17) is 27.9 Å². The Kier molecular flexibility index (Phi) is 8.75. The van der Waals surface area contributed by atoms with Crippen molar-refractivity contribution in [1.82, 2.24) is 10.2 Å². The molecule has 0 bridgehead atoms. The number of halogens is 2. The first-order chi connectivity index (χ1) is 15.9. The van der Waals surface area contributed by atoms with E-state index in [1.54, 1.807) is 25.2 Å². The largest absolute Gasteiger partial charge is 0.484 e. The van der Waals surface area contributed by atoms with Crippen LogP contribution in [0.3, 0.4) is 0 Å². The number of hydrogen-bond donors (Lipinski definition) is 1. The Hall–Kier alpha value is -3.02. The van der Waals surface area contributed by atoms with E-state index in [1.807, 2.05) is 61.5 Å². The lowest BCUT2D eigenvalue weighted by Crippen LogP contribution is -2.51. The molecule has 172 valence electrons. The Morgan fingerprint density at radius 3 is 2.33 bits per heavy atom. The lowest BCUT2D eigenvalue weighted by Gasteiger charge is -2.31. The summed E-state index contributed by atoms with van der Waals surface area (Å²) in [7, 11) is 1.56. The molecular formula is C26H26Cl2N2O3. The fraction of sp³-hybridized carbons (Fsp3) is 0.231. The van der Waals surface area contributed by atoms with E-state index in [1.165, 1.54) is 4.90 Å². The van der Waals surface area contributed by atoms with E-state index in [-0.39, 0.29) is 25.0 Å². The van der Waals surface area contributed by atoms with Gasteiger partial charge in [0.2, 0.25) is 5.91 Å². The maximum absolute atomic E-state index is 13.4. The lowest BCUT2D eigenvalue weighted by molar-refractivity contribution is -0.142. The number of benzene rings is 3. The maximum atomic E-state index is 13.4. The SMILES string of the molecule is CNC(=O)[C@@H](Cc1ccccc1)N(Cc1ccc(Cl)cc1Cl)C(=O)COc1ccc(C)cc1. The molecule has 33 heavy (non-hydrogen) atoms. The zero-order chi connectivity index (χ0) is 23.8. The molecule has 0 radical (unpaired) electrons. The summed E-state index contributed by atoms with van der Waals surface area (Å²) in [5, 5.41) is 3.61. The van der Waals surface area contributed by atoms with Gasteiger partial charge in [0.05, 0.1) is 0 Å². The Labute approximate surface area is 204 Å². The highest BCUT2D eigenvalue weighted by atomic mass is 35.5. The fourth-order valence-corrected chi connectivity index (χ4v) is 3.88. The van der Waals surface area contributed by atoms with E-state index >= 15 is 0 Å². The van der Waals surface area contributed by atoms with Crippen molar-refractivity contribution < 1.29 is 14.3 Å². The van der Waals surface area contributed by atoms with Crippen LogP contribution in [0.1, 0.15) is 16.7 Å². The minimum absolute atomic E-state index is 0.136. The molecule has 1 atom stereocenters. The van der Waals surface area contributed by atoms with Gasteiger partial charge in [-0.1, -0.05) is 77.3 Å². The average Bonchev–Trinajstić information content (AvgIpc) is 2.82. The van der Waals surface area contributed by atoms with Crippen LogP contribution in [0, 0.1) is 6.92 Å². The van der Waals surface area contributed by atoms with Gasteiger partial charge >= 0.3 is 0 Å². The summed E-state index contributed by atoms with van der Waals surface area (Å²) in [6.45, 7) is 1.90. The van der Waals surface area contributed by atoms with Gasteiger partial charge < -0.3 is 15.0 Å². The number of amides is 2. The van der Waals surface area contributed by atoms with E-state index in [2.05, 4.69) is 5.32 Å². The molecule has 0 aliphatic carbocycles. The molecule has 3 aromatic carbocycles. The van der Waals surface area contributed by atoms with Crippen LogP contribution in [0.15, 0.2) is 72.8 Å². The first-order valence-electron chi connectivity index (χ1n) is 10.6. The lowest BCUT2D eigenvalue weighted by atomic mass is 10.0. The van der Waals surface area contributed by atoms with E-state index in [9.17, 15) is 9.59 Å². The Morgan fingerprint density at radius 2 is 1.70 bits per heavy atom. The third kappa shape index (κ3) is 6.98. The van der Waals surface area contributed by atoms with Crippen molar-refractivity contribution in [3.63, 3.8) is 0 Å². The third-order valence-corrected chi connectivity index (χ3v) is 5.84. The van der Waals surface area contributed by atoms with Gasteiger partial charge in [-0.25, -0.2) is 0 Å². The van der Waals surface area contributed by atoms with Crippen LogP contribution in [0.25, 0.3) is 0 Å². The quantitative estimate of drug-likeness (QED) is 0.461. The van der Waals surface area contributed by atoms with Crippen LogP contribution in [0.4, 0.5) is 0 Å². The summed E-state index contributed by atoms with van der Waals surface area (Å²) < 4.78 is 5.73. The second kappa shape index (κ2) is 11.7. The molecule has 0 spiro atoms. The predicted molar refractivity (Wildman–Crippen MR) is 132 cm³/mol. The van der Waals surface area contributed by atoms with E-state index < -0.39 is 6.04 Å². The van der Waals surface area contributed by atoms with Crippen molar-refractivity contribution in [3.8, 4) is 5.75 Å². The summed E-state index contributed by atoms with van der Waals surface area (Å²) in [5.41, 5.74) is 2.72. The minimum atomic E-state index is -0.752. The molecule has 3 aromatic rings. The number of aryl methyl sites for hydroxylation is 1. The van der Waals surface area contributed by atoms with Crippen LogP contribution in [-0.2, 0) is 22.6 Å². The number of ether oxygens (including phenoxy) is 1. The van der Waals surface area contributed by atoms with Gasteiger partial charge in [0.25, 0.3) is 5.91 Å². The van der Waals surface area contributed by atoms with E-state index in [0.717, 1.165) is 11.1 Å². The number of likely N-dealkylation sites (N-methyl/N-ethyl adjacent to an activating group) is 1. The third-order valence-electron chi connectivity index (χ3n) is 5.26. The number of rotatable bonds is 9. The molecule has 2 amide bonds. The summed E-state index contributed by atoms with van der Waals surface area (Å²) in [6.07, 6.45) is 0.349. The van der Waals surface area contributed by atoms with Crippen LogP contribution in [0.2, 0.25) is 10.0 Å². The zero-order valence-corrected chi connectivity index (χ0v) is 20.1. The fourth-order valence-electron chi connectivity index (χ4n) is 3.42. The predicted octanol–water partition coefficient (Wildman–Crippen LogP) is 5.07. The van der Waals surface area contributed by atoms with Crippen LogP contribution in [0.5, 0.6) is 5.75 Å². The summed E-state index contributed by atoms with van der Waals surface area (Å²) >= 11 is 12.4. The Balaban J connectivity index is 1.89. The Morgan fingerprint density at radius 1 is 1.00 bits per heavy atom. The van der Waals surface area contributed by atoms with Gasteiger partial charge in [-0.2, -0.15) is 0 Å². The highest BCUT2D eigenvalue weighted by Gasteiger charge is 2.30. The van der Waals surface area contributed by atoms with Gasteiger partial charge in [0.1, 0.15) is 11.8 Å². The molecule has 1 N–H and O–H groups in total. The van der Waals surface area contributed by atoms with E-state index in [0.29, 0.717) is 27.8 Å². The van der Waals surface area contributed by atoms with Gasteiger partial charge in [-0.15, -0.1) is 0 Å². The highest BCUT2D eigenvalue weighted by molar-refractivity contribution is 6.35. The molecule has 7 heteroatoms. The molecule has 0 aliphatic heterocycles. The van der Waals surface area contributed by atoms with Crippen molar-refractivity contribution in [2.45, 2.75) is 25.9 Å². The first-order valence-corrected chi connectivity index (χ1v) is 11.3. The van der Waals surface area contributed by atoms with Crippen molar-refractivity contribution in [1.29, 1.82) is 0 Å². The molecule has 0 unspecified atom stereocenters. The molecule has 5 nitrogen and oxygen atoms in total. The number of carbonyl (C=O) groups is 2. The summed E-state index contributed by atoms with van der Waals surface area (Å²) in [5.74, 6) is -0.0169. The van der Waals surface area contributed by atoms with Crippen LogP contribution in [-0.4, -0.2) is 36.4 Å². The topological polar surface area (TPSA) is 58.6 Å². The molecule has 0 heterocycles. The summed E-state index contributed by atoms with van der Waals surface area (Å²) in [6, 6.07) is 21.3. The second-order valence-corrected chi connectivity index (χ2v) is 8.52. The van der Waals surface area contributed by atoms with Crippen molar-refractivity contribution in [3.05, 3.63) is 99.5 Å². The maximum Gasteiger partial charge on any atom is 0.261 e. The van der Waals surface area contributed by atoms with Crippen molar-refractivity contribution in [2.75, 3.05) is 13.7 Å². The average molecular weight is 485 g/mol. The molecular weight excluding hydrogens is 459 g/mol. The zero-order valence-electron chi connectivity index (χ0n) is 18.6. The van der Waals surface area contributed by atoms with Crippen molar-refractivity contribution in [2.24, 2.45) is 0 Å². The normalized spacial score (nSPS) is 11.5. The Bertz CT molecular complexity index is 1090. The standard InChI is InChI=1S/C26H26Cl2N2O3/c1-18-8-12-22(13-9-18)33-17-25(31)30(16-20-10-11-21(27)15-23(20)28)24(26(32)29-2)14-19-6-4-3-5-7-19/h3-13,15,24H,14,16-17H2,1-2H3,(H,29,32)/t24-/m1/s1. The molecule has 0 saturated carbocycles.